The topological polar surface area (TPSA) is 107 Å². The Morgan fingerprint density at radius 1 is 1.08 bits per heavy atom. The van der Waals surface area contributed by atoms with Crippen molar-refractivity contribution in [2.45, 2.75) is 83.5 Å². The third kappa shape index (κ3) is 6.17. The van der Waals surface area contributed by atoms with Gasteiger partial charge in [-0.1, -0.05) is 18.5 Å². The van der Waals surface area contributed by atoms with Crippen LogP contribution in [0.2, 0.25) is 5.02 Å². The van der Waals surface area contributed by atoms with Gasteiger partial charge in [0.1, 0.15) is 22.8 Å². The Morgan fingerprint density at radius 3 is 2.38 bits per heavy atom. The molecule has 2 aliphatic heterocycles. The molecule has 1 amide bonds. The van der Waals surface area contributed by atoms with E-state index in [0.29, 0.717) is 41.6 Å². The summed E-state index contributed by atoms with van der Waals surface area (Å²) < 4.78 is 5.55. The number of hydrogen-bond donors (Lipinski definition) is 2. The van der Waals surface area contributed by atoms with E-state index in [2.05, 4.69) is 32.3 Å². The number of likely N-dealkylation sites (tertiary alicyclic amines) is 1. The molecule has 2 aromatic rings. The van der Waals surface area contributed by atoms with Crippen molar-refractivity contribution in [2.75, 3.05) is 48.3 Å². The summed E-state index contributed by atoms with van der Waals surface area (Å²) in [6.45, 7) is 11.8. The fourth-order valence-electron chi connectivity index (χ4n) is 5.57. The molecule has 2 N–H and O–H groups in total. The van der Waals surface area contributed by atoms with Gasteiger partial charge in [0.2, 0.25) is 0 Å². The molecule has 1 aliphatic carbocycles. The van der Waals surface area contributed by atoms with Crippen molar-refractivity contribution in [3.8, 4) is 0 Å². The number of nitrogens with one attached hydrogen (secondary N) is 2. The van der Waals surface area contributed by atoms with Crippen molar-refractivity contribution >= 4 is 40.6 Å². The lowest BCUT2D eigenvalue weighted by Gasteiger charge is -2.47. The van der Waals surface area contributed by atoms with Gasteiger partial charge in [0.15, 0.2) is 0 Å². The highest BCUT2D eigenvalue weighted by molar-refractivity contribution is 6.33. The summed E-state index contributed by atoms with van der Waals surface area (Å²) in [7, 11) is 0. The molecule has 1 aromatic carbocycles. The summed E-state index contributed by atoms with van der Waals surface area (Å²) in [4.78, 5) is 47.8. The number of nitrogens with zero attached hydrogens (tertiary/aromatic N) is 4. The molecule has 11 heteroatoms. The predicted octanol–water partition coefficient (Wildman–Crippen LogP) is 3.95. The maximum absolute atomic E-state index is 12.5. The zero-order valence-corrected chi connectivity index (χ0v) is 24.0. The van der Waals surface area contributed by atoms with Crippen molar-refractivity contribution in [2.24, 2.45) is 0 Å². The van der Waals surface area contributed by atoms with Crippen LogP contribution < -0.4 is 26.4 Å². The quantitative estimate of drug-likeness (QED) is 0.488. The predicted molar refractivity (Wildman–Crippen MR) is 154 cm³/mol. The number of hydrogen-bond acceptors (Lipinski definition) is 9. The van der Waals surface area contributed by atoms with Crippen molar-refractivity contribution in [1.82, 2.24) is 14.8 Å². The molecule has 212 valence electrons. The van der Waals surface area contributed by atoms with Gasteiger partial charge in [-0.15, -0.1) is 0 Å². The van der Waals surface area contributed by atoms with E-state index in [1.165, 1.54) is 0 Å². The molecule has 0 bridgehead atoms. The van der Waals surface area contributed by atoms with Crippen LogP contribution in [0.5, 0.6) is 0 Å². The summed E-state index contributed by atoms with van der Waals surface area (Å²) in [5.41, 5.74) is -0.243. The minimum Gasteiger partial charge on any atom is -0.444 e. The summed E-state index contributed by atoms with van der Waals surface area (Å²) >= 11 is 6.68. The van der Waals surface area contributed by atoms with Crippen LogP contribution in [0, 0.1) is 0 Å². The van der Waals surface area contributed by atoms with Crippen LogP contribution in [-0.4, -0.2) is 77.3 Å². The minimum atomic E-state index is -0.516. The van der Waals surface area contributed by atoms with Crippen molar-refractivity contribution in [3.05, 3.63) is 37.7 Å². The largest absolute Gasteiger partial charge is 0.444 e. The smallest absolute Gasteiger partial charge is 0.410 e. The Labute approximate surface area is 234 Å². The molecule has 39 heavy (non-hydrogen) atoms. The molecular weight excluding hydrogens is 520 g/mol. The first-order chi connectivity index (χ1) is 18.5. The van der Waals surface area contributed by atoms with E-state index in [9.17, 15) is 14.4 Å². The number of rotatable bonds is 7. The molecule has 1 saturated carbocycles. The average molecular weight is 559 g/mol. The molecule has 10 nitrogen and oxygen atoms in total. The average Bonchev–Trinajstić information content (AvgIpc) is 3.74. The third-order valence-electron chi connectivity index (χ3n) is 7.81. The summed E-state index contributed by atoms with van der Waals surface area (Å²) in [6, 6.07) is 2.83. The second kappa shape index (κ2) is 11.0. The van der Waals surface area contributed by atoms with Gasteiger partial charge in [0.25, 0.3) is 10.9 Å². The van der Waals surface area contributed by atoms with E-state index in [4.69, 9.17) is 16.3 Å². The Kier molecular flexibility index (Phi) is 7.79. The van der Waals surface area contributed by atoms with Gasteiger partial charge in [0.05, 0.1) is 16.9 Å². The normalized spacial score (nSPS) is 21.3. The first-order valence-corrected chi connectivity index (χ1v) is 14.4. The van der Waals surface area contributed by atoms with E-state index in [1.54, 1.807) is 12.3 Å². The lowest BCUT2D eigenvalue weighted by atomic mass is 9.98. The van der Waals surface area contributed by atoms with Crippen LogP contribution >= 0.6 is 11.6 Å². The lowest BCUT2D eigenvalue weighted by Crippen LogP contribution is -2.59. The number of anilines is 4. The molecule has 0 radical (unpaired) electrons. The molecular formula is C28H39ClN6O4. The number of amides is 1. The van der Waals surface area contributed by atoms with E-state index in [1.807, 2.05) is 25.7 Å². The standard InChI is InChI=1S/C28H39ClN6O4/c1-5-19-16-34(12-13-35(19)20-8-10-33(11-9-20)27(38)39-28(2,3)4)26-21(29)14-18(15-30-26)32-23-22(24(36)25(23)37)31-17-6-7-17/h14-15,17,19-20,31-32H,5-13,16H2,1-4H3/t19-/m0/s1. The van der Waals surface area contributed by atoms with Gasteiger partial charge < -0.3 is 25.2 Å². The van der Waals surface area contributed by atoms with Gasteiger partial charge in [-0.25, -0.2) is 9.78 Å². The van der Waals surface area contributed by atoms with Gasteiger partial charge in [-0.2, -0.15) is 0 Å². The highest BCUT2D eigenvalue weighted by Crippen LogP contribution is 2.33. The van der Waals surface area contributed by atoms with Gasteiger partial charge in [-0.3, -0.25) is 14.5 Å². The monoisotopic (exact) mass is 558 g/mol. The minimum absolute atomic E-state index is 0.226. The van der Waals surface area contributed by atoms with Gasteiger partial charge in [0, 0.05) is 50.8 Å². The highest BCUT2D eigenvalue weighted by Gasteiger charge is 2.35. The van der Waals surface area contributed by atoms with Crippen LogP contribution in [0.15, 0.2) is 21.9 Å². The zero-order chi connectivity index (χ0) is 27.9. The molecule has 0 unspecified atom stereocenters. The second-order valence-corrected chi connectivity index (χ2v) is 12.3. The van der Waals surface area contributed by atoms with Crippen LogP contribution in [0.3, 0.4) is 0 Å². The molecule has 1 aromatic heterocycles. The van der Waals surface area contributed by atoms with E-state index in [0.717, 1.165) is 57.6 Å². The third-order valence-corrected chi connectivity index (χ3v) is 8.09. The fourth-order valence-corrected chi connectivity index (χ4v) is 5.85. The van der Waals surface area contributed by atoms with Crippen LogP contribution in [0.4, 0.5) is 27.7 Å². The first-order valence-electron chi connectivity index (χ1n) is 14.0. The number of halogens is 1. The molecule has 5 rings (SSSR count). The first kappa shape index (κ1) is 27.7. The molecule has 3 heterocycles. The van der Waals surface area contributed by atoms with Crippen molar-refractivity contribution < 1.29 is 9.53 Å². The Hall–Kier alpha value is -2.85. The molecule has 0 spiro atoms. The van der Waals surface area contributed by atoms with Crippen molar-refractivity contribution in [3.63, 3.8) is 0 Å². The second-order valence-electron chi connectivity index (χ2n) is 11.9. The molecule has 1 atom stereocenters. The lowest BCUT2D eigenvalue weighted by molar-refractivity contribution is 0.00944. The maximum Gasteiger partial charge on any atom is 0.410 e. The number of ether oxygens (including phenoxy) is 1. The van der Waals surface area contributed by atoms with Gasteiger partial charge >= 0.3 is 6.09 Å². The molecule has 3 fully saturated rings. The fraction of sp³-hybridized carbons (Fsp3) is 0.643. The van der Waals surface area contributed by atoms with E-state index in [-0.39, 0.29) is 17.8 Å². The van der Waals surface area contributed by atoms with Crippen LogP contribution in [0.25, 0.3) is 0 Å². The van der Waals surface area contributed by atoms with E-state index >= 15 is 0 Å². The number of piperazine rings is 1. The number of carbonyl (C=O) groups is 1. The summed E-state index contributed by atoms with van der Waals surface area (Å²) in [5.74, 6) is 0.724. The number of carbonyl (C=O) groups excluding carboxylic acids is 1. The number of pyridine rings is 1. The van der Waals surface area contributed by atoms with Crippen molar-refractivity contribution in [1.29, 1.82) is 0 Å². The Morgan fingerprint density at radius 2 is 1.77 bits per heavy atom. The van der Waals surface area contributed by atoms with Crippen LogP contribution in [-0.2, 0) is 4.74 Å². The SMILES string of the molecule is CC[C@H]1CN(c2ncc(Nc3c(NC4CC4)c(=O)c3=O)cc2Cl)CCN1C1CCN(C(=O)OC(C)(C)C)CC1. The number of piperidine rings is 1. The highest BCUT2D eigenvalue weighted by atomic mass is 35.5. The molecule has 2 saturated heterocycles. The Balaban J connectivity index is 1.18. The maximum atomic E-state index is 12.5. The summed E-state index contributed by atoms with van der Waals surface area (Å²) in [6.07, 6.45) is 6.33. The Bertz CT molecular complexity index is 1270. The zero-order valence-electron chi connectivity index (χ0n) is 23.3. The number of aromatic nitrogens is 1. The van der Waals surface area contributed by atoms with Crippen LogP contribution in [0.1, 0.15) is 59.8 Å². The van der Waals surface area contributed by atoms with E-state index < -0.39 is 16.5 Å². The van der Waals surface area contributed by atoms with Gasteiger partial charge in [-0.05, 0) is 58.9 Å². The summed E-state index contributed by atoms with van der Waals surface area (Å²) in [5, 5.41) is 6.68. The molecule has 3 aliphatic rings.